The van der Waals surface area contributed by atoms with Crippen molar-refractivity contribution in [2.45, 2.75) is 45.7 Å². The molecular formula is C18H21N3O2S. The normalized spacial score (nSPS) is 16.2. The summed E-state index contributed by atoms with van der Waals surface area (Å²) in [6, 6.07) is 7.16. The van der Waals surface area contributed by atoms with Crippen LogP contribution in [0, 0.1) is 6.92 Å². The van der Waals surface area contributed by atoms with E-state index in [1.807, 2.05) is 25.1 Å². The fourth-order valence-electron chi connectivity index (χ4n) is 2.78. The number of rotatable bonds is 5. The number of hydrogen-bond donors (Lipinski definition) is 2. The number of thiazole rings is 1. The van der Waals surface area contributed by atoms with Crippen LogP contribution in [0.2, 0.25) is 0 Å². The summed E-state index contributed by atoms with van der Waals surface area (Å²) < 4.78 is 0. The summed E-state index contributed by atoms with van der Waals surface area (Å²) in [7, 11) is 0. The average Bonchev–Trinajstić information content (AvgIpc) is 3.07. The van der Waals surface area contributed by atoms with Gasteiger partial charge >= 0.3 is 0 Å². The Kier molecular flexibility index (Phi) is 4.66. The number of nitrogens with one attached hydrogen (secondary N) is 2. The molecule has 1 aliphatic rings. The Balaban J connectivity index is 1.60. The third-order valence-corrected chi connectivity index (χ3v) is 5.58. The van der Waals surface area contributed by atoms with Gasteiger partial charge in [-0.2, -0.15) is 0 Å². The maximum absolute atomic E-state index is 12.3. The number of carbonyl (C=O) groups is 2. The highest BCUT2D eigenvalue weighted by Gasteiger charge is 2.29. The lowest BCUT2D eigenvalue weighted by Crippen LogP contribution is -2.28. The number of aromatic nitrogens is 1. The SMILES string of the molecule is Cc1nc(C(C)C)sc1CNC(=O)C[C@@H]1NC(=O)c2ccccc21. The van der Waals surface area contributed by atoms with Crippen LogP contribution in [0.4, 0.5) is 0 Å². The topological polar surface area (TPSA) is 71.1 Å². The van der Waals surface area contributed by atoms with Crippen molar-refractivity contribution >= 4 is 23.2 Å². The highest BCUT2D eigenvalue weighted by atomic mass is 32.1. The third kappa shape index (κ3) is 3.33. The Morgan fingerprint density at radius 3 is 2.83 bits per heavy atom. The van der Waals surface area contributed by atoms with Crippen LogP contribution in [-0.2, 0) is 11.3 Å². The Bertz CT molecular complexity index is 782. The first-order valence-electron chi connectivity index (χ1n) is 8.08. The number of amides is 2. The zero-order valence-corrected chi connectivity index (χ0v) is 14.9. The number of carbonyl (C=O) groups excluding carboxylic acids is 2. The van der Waals surface area contributed by atoms with E-state index in [9.17, 15) is 9.59 Å². The third-order valence-electron chi connectivity index (χ3n) is 4.12. The molecule has 0 aliphatic carbocycles. The predicted molar refractivity (Wildman–Crippen MR) is 94.1 cm³/mol. The van der Waals surface area contributed by atoms with Gasteiger partial charge in [-0.1, -0.05) is 32.0 Å². The molecular weight excluding hydrogens is 322 g/mol. The average molecular weight is 343 g/mol. The van der Waals surface area contributed by atoms with Crippen molar-refractivity contribution in [1.82, 2.24) is 15.6 Å². The second-order valence-corrected chi connectivity index (χ2v) is 7.42. The molecule has 0 unspecified atom stereocenters. The standard InChI is InChI=1S/C18H21N3O2S/c1-10(2)18-20-11(3)15(24-18)9-19-16(22)8-14-12-6-4-5-7-13(12)17(23)21-14/h4-7,10,14H,8-9H2,1-3H3,(H,19,22)(H,21,23)/t14-/m0/s1. The van der Waals surface area contributed by atoms with Crippen LogP contribution in [0.1, 0.15) is 63.7 Å². The van der Waals surface area contributed by atoms with E-state index in [1.165, 1.54) is 0 Å². The number of benzene rings is 1. The molecule has 0 fully saturated rings. The van der Waals surface area contributed by atoms with Gasteiger partial charge in [-0.15, -0.1) is 11.3 Å². The summed E-state index contributed by atoms with van der Waals surface area (Å²) in [5.74, 6) is 0.211. The van der Waals surface area contributed by atoms with Gasteiger partial charge in [-0.25, -0.2) is 4.98 Å². The number of nitrogens with zero attached hydrogens (tertiary/aromatic N) is 1. The maximum Gasteiger partial charge on any atom is 0.252 e. The van der Waals surface area contributed by atoms with Crippen LogP contribution in [-0.4, -0.2) is 16.8 Å². The van der Waals surface area contributed by atoms with Gasteiger partial charge < -0.3 is 10.6 Å². The Morgan fingerprint density at radius 2 is 2.12 bits per heavy atom. The summed E-state index contributed by atoms with van der Waals surface area (Å²) in [5, 5.41) is 6.91. The van der Waals surface area contributed by atoms with Crippen molar-refractivity contribution in [1.29, 1.82) is 0 Å². The van der Waals surface area contributed by atoms with Crippen LogP contribution in [0.15, 0.2) is 24.3 Å². The van der Waals surface area contributed by atoms with Crippen molar-refractivity contribution < 1.29 is 9.59 Å². The van der Waals surface area contributed by atoms with Crippen molar-refractivity contribution in [2.24, 2.45) is 0 Å². The van der Waals surface area contributed by atoms with E-state index in [4.69, 9.17) is 0 Å². The zero-order chi connectivity index (χ0) is 17.3. The van der Waals surface area contributed by atoms with Gasteiger partial charge in [-0.3, -0.25) is 9.59 Å². The first kappa shape index (κ1) is 16.6. The summed E-state index contributed by atoms with van der Waals surface area (Å²) in [5.41, 5.74) is 2.53. The molecule has 24 heavy (non-hydrogen) atoms. The molecule has 0 saturated carbocycles. The van der Waals surface area contributed by atoms with Crippen LogP contribution in [0.25, 0.3) is 0 Å². The molecule has 6 heteroatoms. The molecule has 1 aromatic carbocycles. The van der Waals surface area contributed by atoms with E-state index in [0.717, 1.165) is 21.1 Å². The minimum Gasteiger partial charge on any atom is -0.351 e. The van der Waals surface area contributed by atoms with E-state index < -0.39 is 0 Å². The maximum atomic E-state index is 12.3. The van der Waals surface area contributed by atoms with Crippen molar-refractivity contribution in [2.75, 3.05) is 0 Å². The van der Waals surface area contributed by atoms with Crippen molar-refractivity contribution in [3.05, 3.63) is 51.0 Å². The molecule has 126 valence electrons. The molecule has 1 atom stereocenters. The van der Waals surface area contributed by atoms with Crippen LogP contribution >= 0.6 is 11.3 Å². The van der Waals surface area contributed by atoms with E-state index >= 15 is 0 Å². The highest BCUT2D eigenvalue weighted by molar-refractivity contribution is 7.11. The molecule has 2 aromatic rings. The smallest absolute Gasteiger partial charge is 0.252 e. The molecule has 2 amide bonds. The highest BCUT2D eigenvalue weighted by Crippen LogP contribution is 2.28. The summed E-state index contributed by atoms with van der Waals surface area (Å²) in [4.78, 5) is 29.8. The lowest BCUT2D eigenvalue weighted by atomic mass is 10.0. The van der Waals surface area contributed by atoms with Gasteiger partial charge in [0.15, 0.2) is 0 Å². The van der Waals surface area contributed by atoms with Crippen LogP contribution < -0.4 is 10.6 Å². The summed E-state index contributed by atoms with van der Waals surface area (Å²) >= 11 is 1.65. The van der Waals surface area contributed by atoms with Crippen LogP contribution in [0.3, 0.4) is 0 Å². The second-order valence-electron chi connectivity index (χ2n) is 6.31. The summed E-state index contributed by atoms with van der Waals surface area (Å²) in [6.45, 7) is 6.68. The number of aryl methyl sites for hydroxylation is 1. The van der Waals surface area contributed by atoms with E-state index in [2.05, 4.69) is 29.5 Å². The van der Waals surface area contributed by atoms with Gasteiger partial charge in [0, 0.05) is 16.4 Å². The molecule has 3 rings (SSSR count). The molecule has 0 spiro atoms. The fraction of sp³-hybridized carbons (Fsp3) is 0.389. The minimum atomic E-state index is -0.248. The van der Waals surface area contributed by atoms with E-state index in [1.54, 1.807) is 17.4 Å². The zero-order valence-electron chi connectivity index (χ0n) is 14.1. The second kappa shape index (κ2) is 6.73. The minimum absolute atomic E-state index is 0.0732. The first-order chi connectivity index (χ1) is 11.5. The first-order valence-corrected chi connectivity index (χ1v) is 8.90. The summed E-state index contributed by atoms with van der Waals surface area (Å²) in [6.07, 6.45) is 0.248. The monoisotopic (exact) mass is 343 g/mol. The van der Waals surface area contributed by atoms with Gasteiger partial charge in [0.2, 0.25) is 5.91 Å². The largest absolute Gasteiger partial charge is 0.351 e. The Hall–Kier alpha value is -2.21. The lowest BCUT2D eigenvalue weighted by Gasteiger charge is -2.11. The van der Waals surface area contributed by atoms with Crippen molar-refractivity contribution in [3.63, 3.8) is 0 Å². The lowest BCUT2D eigenvalue weighted by molar-refractivity contribution is -0.121. The Morgan fingerprint density at radius 1 is 1.38 bits per heavy atom. The Labute approximate surface area is 145 Å². The van der Waals surface area contributed by atoms with Gasteiger partial charge in [0.25, 0.3) is 5.91 Å². The predicted octanol–water partition coefficient (Wildman–Crippen LogP) is 3.07. The molecule has 1 aromatic heterocycles. The van der Waals surface area contributed by atoms with E-state index in [0.29, 0.717) is 18.0 Å². The van der Waals surface area contributed by atoms with Gasteiger partial charge in [0.05, 0.1) is 29.7 Å². The molecule has 0 radical (unpaired) electrons. The number of hydrogen-bond acceptors (Lipinski definition) is 4. The van der Waals surface area contributed by atoms with Gasteiger partial charge in [0.1, 0.15) is 0 Å². The molecule has 1 aliphatic heterocycles. The fourth-order valence-corrected chi connectivity index (χ4v) is 3.79. The molecule has 0 saturated heterocycles. The quantitative estimate of drug-likeness (QED) is 0.876. The molecule has 2 heterocycles. The molecule has 0 bridgehead atoms. The van der Waals surface area contributed by atoms with Crippen LogP contribution in [0.5, 0.6) is 0 Å². The molecule has 2 N–H and O–H groups in total. The van der Waals surface area contributed by atoms with E-state index in [-0.39, 0.29) is 24.3 Å². The van der Waals surface area contributed by atoms with Crippen molar-refractivity contribution in [3.8, 4) is 0 Å². The van der Waals surface area contributed by atoms with Gasteiger partial charge in [-0.05, 0) is 18.6 Å². The number of fused-ring (bicyclic) bond motifs is 1. The molecule has 5 nitrogen and oxygen atoms in total.